The summed E-state index contributed by atoms with van der Waals surface area (Å²) in [6, 6.07) is -0.0937. The van der Waals surface area contributed by atoms with Gasteiger partial charge >= 0.3 is 6.03 Å². The SMILES string of the molecule is CCCN(C[C@H]1CCCCO1)C(=O)Nc1cnc(C2CC2)nc1. The van der Waals surface area contributed by atoms with Gasteiger partial charge in [0.05, 0.1) is 24.2 Å². The molecule has 0 radical (unpaired) electrons. The minimum absolute atomic E-state index is 0.0937. The molecule has 0 spiro atoms. The smallest absolute Gasteiger partial charge is 0.322 e. The van der Waals surface area contributed by atoms with Crippen molar-refractivity contribution in [2.45, 2.75) is 57.5 Å². The monoisotopic (exact) mass is 318 g/mol. The number of aromatic nitrogens is 2. The van der Waals surface area contributed by atoms with Gasteiger partial charge in [-0.3, -0.25) is 0 Å². The second-order valence-corrected chi connectivity index (χ2v) is 6.47. The Morgan fingerprint density at radius 2 is 2.09 bits per heavy atom. The van der Waals surface area contributed by atoms with Crippen LogP contribution in [-0.4, -0.2) is 46.7 Å². The number of ether oxygens (including phenoxy) is 1. The van der Waals surface area contributed by atoms with Crippen molar-refractivity contribution in [1.29, 1.82) is 0 Å². The maximum atomic E-state index is 12.5. The first kappa shape index (κ1) is 16.2. The van der Waals surface area contributed by atoms with Crippen LogP contribution in [0.3, 0.4) is 0 Å². The molecule has 6 heteroatoms. The van der Waals surface area contributed by atoms with Gasteiger partial charge in [-0.25, -0.2) is 14.8 Å². The Labute approximate surface area is 137 Å². The molecule has 2 aliphatic rings. The third-order valence-electron chi connectivity index (χ3n) is 4.34. The molecule has 3 rings (SSSR count). The molecule has 1 aromatic rings. The van der Waals surface area contributed by atoms with Crippen LogP contribution in [0.25, 0.3) is 0 Å². The lowest BCUT2D eigenvalue weighted by Crippen LogP contribution is -2.42. The predicted molar refractivity (Wildman–Crippen MR) is 88.5 cm³/mol. The Bertz CT molecular complexity index is 510. The number of rotatable bonds is 6. The fraction of sp³-hybridized carbons (Fsp3) is 0.706. The molecule has 1 saturated carbocycles. The number of nitrogens with zero attached hydrogens (tertiary/aromatic N) is 3. The van der Waals surface area contributed by atoms with Crippen molar-refractivity contribution in [3.05, 3.63) is 18.2 Å². The van der Waals surface area contributed by atoms with Crippen LogP contribution >= 0.6 is 0 Å². The van der Waals surface area contributed by atoms with Crippen LogP contribution in [0.4, 0.5) is 10.5 Å². The largest absolute Gasteiger partial charge is 0.376 e. The van der Waals surface area contributed by atoms with Crippen LogP contribution < -0.4 is 5.32 Å². The maximum Gasteiger partial charge on any atom is 0.322 e. The Morgan fingerprint density at radius 3 is 2.70 bits per heavy atom. The van der Waals surface area contributed by atoms with Crippen molar-refractivity contribution in [2.75, 3.05) is 25.0 Å². The van der Waals surface area contributed by atoms with E-state index in [9.17, 15) is 4.79 Å². The summed E-state index contributed by atoms with van der Waals surface area (Å²) in [6.45, 7) is 4.27. The summed E-state index contributed by atoms with van der Waals surface area (Å²) in [5, 5.41) is 2.91. The standard InChI is InChI=1S/C17H26N4O2/c1-2-8-21(12-15-5-3-4-9-23-15)17(22)20-14-10-18-16(19-11-14)13-6-7-13/h10-11,13,15H,2-9,12H2,1H3,(H,20,22)/t15-/m1/s1. The summed E-state index contributed by atoms with van der Waals surface area (Å²) in [5.74, 6) is 1.42. The van der Waals surface area contributed by atoms with Gasteiger partial charge in [0.1, 0.15) is 5.82 Å². The number of nitrogens with one attached hydrogen (secondary N) is 1. The van der Waals surface area contributed by atoms with Crippen molar-refractivity contribution < 1.29 is 9.53 Å². The summed E-state index contributed by atoms with van der Waals surface area (Å²) in [5.41, 5.74) is 0.657. The highest BCUT2D eigenvalue weighted by Crippen LogP contribution is 2.37. The molecule has 2 amide bonds. The lowest BCUT2D eigenvalue weighted by atomic mass is 10.1. The number of carbonyl (C=O) groups excluding carboxylic acids is 1. The van der Waals surface area contributed by atoms with E-state index in [4.69, 9.17) is 4.74 Å². The van der Waals surface area contributed by atoms with Crippen LogP contribution in [-0.2, 0) is 4.74 Å². The lowest BCUT2D eigenvalue weighted by molar-refractivity contribution is 0.00161. The quantitative estimate of drug-likeness (QED) is 0.875. The van der Waals surface area contributed by atoms with Crippen LogP contribution in [0.5, 0.6) is 0 Å². The molecule has 1 atom stereocenters. The first-order valence-corrected chi connectivity index (χ1v) is 8.75. The summed E-state index contributed by atoms with van der Waals surface area (Å²) in [7, 11) is 0. The number of anilines is 1. The van der Waals surface area contributed by atoms with Gasteiger partial charge in [0.15, 0.2) is 0 Å². The highest BCUT2D eigenvalue weighted by atomic mass is 16.5. The molecular formula is C17H26N4O2. The van der Waals surface area contributed by atoms with E-state index in [2.05, 4.69) is 22.2 Å². The summed E-state index contributed by atoms with van der Waals surface area (Å²) >= 11 is 0. The van der Waals surface area contributed by atoms with Gasteiger partial charge in [0.2, 0.25) is 0 Å². The average molecular weight is 318 g/mol. The van der Waals surface area contributed by atoms with Crippen LogP contribution in [0.15, 0.2) is 12.4 Å². The van der Waals surface area contributed by atoms with Gasteiger partial charge in [-0.15, -0.1) is 0 Å². The predicted octanol–water partition coefficient (Wildman–Crippen LogP) is 3.17. The van der Waals surface area contributed by atoms with E-state index in [1.165, 1.54) is 19.3 Å². The van der Waals surface area contributed by atoms with E-state index in [1.54, 1.807) is 12.4 Å². The molecule has 1 aliphatic heterocycles. The fourth-order valence-corrected chi connectivity index (χ4v) is 2.90. The third kappa shape index (κ3) is 4.64. The highest BCUT2D eigenvalue weighted by Gasteiger charge is 2.26. The molecule has 0 bridgehead atoms. The van der Waals surface area contributed by atoms with Crippen molar-refractivity contribution in [3.8, 4) is 0 Å². The molecule has 1 aromatic heterocycles. The number of carbonyl (C=O) groups is 1. The van der Waals surface area contributed by atoms with Gasteiger partial charge in [-0.05, 0) is 38.5 Å². The number of hydrogen-bond acceptors (Lipinski definition) is 4. The van der Waals surface area contributed by atoms with Crippen molar-refractivity contribution >= 4 is 11.7 Å². The molecule has 23 heavy (non-hydrogen) atoms. The summed E-state index contributed by atoms with van der Waals surface area (Å²) in [4.78, 5) is 23.0. The average Bonchev–Trinajstić information content (AvgIpc) is 3.41. The number of amides is 2. The van der Waals surface area contributed by atoms with Gasteiger partial charge in [0, 0.05) is 25.6 Å². The zero-order chi connectivity index (χ0) is 16.1. The molecule has 1 saturated heterocycles. The maximum absolute atomic E-state index is 12.5. The minimum Gasteiger partial charge on any atom is -0.376 e. The second-order valence-electron chi connectivity index (χ2n) is 6.47. The fourth-order valence-electron chi connectivity index (χ4n) is 2.90. The van der Waals surface area contributed by atoms with Gasteiger partial charge < -0.3 is 15.0 Å². The van der Waals surface area contributed by atoms with E-state index in [0.717, 1.165) is 38.2 Å². The lowest BCUT2D eigenvalue weighted by Gasteiger charge is -2.29. The Hall–Kier alpha value is -1.69. The van der Waals surface area contributed by atoms with Crippen LogP contribution in [0, 0.1) is 0 Å². The molecule has 0 aromatic carbocycles. The normalized spacial score (nSPS) is 21.0. The Kier molecular flexibility index (Phi) is 5.43. The van der Waals surface area contributed by atoms with E-state index >= 15 is 0 Å². The van der Waals surface area contributed by atoms with Crippen molar-refractivity contribution in [2.24, 2.45) is 0 Å². The molecule has 1 aliphatic carbocycles. The van der Waals surface area contributed by atoms with E-state index in [1.807, 2.05) is 4.90 Å². The zero-order valence-electron chi connectivity index (χ0n) is 13.8. The highest BCUT2D eigenvalue weighted by molar-refractivity contribution is 5.88. The molecule has 1 N–H and O–H groups in total. The van der Waals surface area contributed by atoms with E-state index in [0.29, 0.717) is 18.2 Å². The molecule has 2 fully saturated rings. The third-order valence-corrected chi connectivity index (χ3v) is 4.34. The molecule has 6 nitrogen and oxygen atoms in total. The summed E-state index contributed by atoms with van der Waals surface area (Å²) < 4.78 is 5.76. The molecule has 0 unspecified atom stereocenters. The topological polar surface area (TPSA) is 67.3 Å². The van der Waals surface area contributed by atoms with Crippen molar-refractivity contribution in [3.63, 3.8) is 0 Å². The van der Waals surface area contributed by atoms with Crippen molar-refractivity contribution in [1.82, 2.24) is 14.9 Å². The zero-order valence-corrected chi connectivity index (χ0v) is 13.8. The number of hydrogen-bond donors (Lipinski definition) is 1. The summed E-state index contributed by atoms with van der Waals surface area (Å²) in [6.07, 6.45) is 10.2. The first-order chi connectivity index (χ1) is 11.3. The van der Waals surface area contributed by atoms with E-state index < -0.39 is 0 Å². The number of urea groups is 1. The first-order valence-electron chi connectivity index (χ1n) is 8.75. The van der Waals surface area contributed by atoms with Crippen LogP contribution in [0.1, 0.15) is 57.2 Å². The second kappa shape index (κ2) is 7.73. The van der Waals surface area contributed by atoms with Crippen LogP contribution in [0.2, 0.25) is 0 Å². The van der Waals surface area contributed by atoms with Gasteiger partial charge in [-0.1, -0.05) is 6.92 Å². The Morgan fingerprint density at radius 1 is 1.30 bits per heavy atom. The molecular weight excluding hydrogens is 292 g/mol. The Balaban J connectivity index is 1.55. The molecule has 126 valence electrons. The minimum atomic E-state index is -0.0937. The van der Waals surface area contributed by atoms with Gasteiger partial charge in [-0.2, -0.15) is 0 Å². The molecule has 2 heterocycles. The van der Waals surface area contributed by atoms with Gasteiger partial charge in [0.25, 0.3) is 0 Å². The van der Waals surface area contributed by atoms with E-state index in [-0.39, 0.29) is 12.1 Å².